The summed E-state index contributed by atoms with van der Waals surface area (Å²) in [5.74, 6) is -2.15. The first kappa shape index (κ1) is 18.8. The summed E-state index contributed by atoms with van der Waals surface area (Å²) >= 11 is 0. The fourth-order valence-corrected chi connectivity index (χ4v) is 4.45. The molecule has 26 heavy (non-hydrogen) atoms. The van der Waals surface area contributed by atoms with Crippen LogP contribution < -0.4 is 0 Å². The number of benzene rings is 1. The van der Waals surface area contributed by atoms with E-state index in [0.29, 0.717) is 19.4 Å². The van der Waals surface area contributed by atoms with E-state index in [-0.39, 0.29) is 17.3 Å². The van der Waals surface area contributed by atoms with Crippen molar-refractivity contribution in [3.8, 4) is 0 Å². The Bertz CT molecular complexity index is 863. The van der Waals surface area contributed by atoms with Crippen molar-refractivity contribution in [1.29, 1.82) is 0 Å². The summed E-state index contributed by atoms with van der Waals surface area (Å²) in [5.41, 5.74) is 1.02. The number of alkyl halides is 3. The van der Waals surface area contributed by atoms with E-state index in [1.807, 2.05) is 6.92 Å². The maximum absolute atomic E-state index is 12.8. The summed E-state index contributed by atoms with van der Waals surface area (Å²) in [6.07, 6.45) is -2.93. The van der Waals surface area contributed by atoms with Crippen LogP contribution in [0.25, 0.3) is 0 Å². The van der Waals surface area contributed by atoms with Crippen LogP contribution in [0.3, 0.4) is 0 Å². The molecule has 0 radical (unpaired) electrons. The number of hydrogen-bond donors (Lipinski definition) is 0. The van der Waals surface area contributed by atoms with E-state index in [2.05, 4.69) is 10.2 Å². The molecule has 0 spiro atoms. The van der Waals surface area contributed by atoms with Crippen LogP contribution in [0, 0.1) is 0 Å². The van der Waals surface area contributed by atoms with Crippen molar-refractivity contribution in [1.82, 2.24) is 14.5 Å². The second kappa shape index (κ2) is 6.99. The molecule has 1 aliphatic heterocycles. The Kier molecular flexibility index (Phi) is 5.07. The number of rotatable bonds is 4. The lowest BCUT2D eigenvalue weighted by atomic mass is 10.00. The molecule has 1 aromatic carbocycles. The van der Waals surface area contributed by atoms with Gasteiger partial charge in [0, 0.05) is 13.1 Å². The first-order valence-electron chi connectivity index (χ1n) is 8.21. The highest BCUT2D eigenvalue weighted by Gasteiger charge is 2.40. The predicted octanol–water partition coefficient (Wildman–Crippen LogP) is 3.22. The molecule has 0 amide bonds. The number of sulfonamides is 1. The molecule has 0 bridgehead atoms. The van der Waals surface area contributed by atoms with Gasteiger partial charge in [0.05, 0.1) is 10.8 Å². The molecular formula is C16H18F3N3O3S. The van der Waals surface area contributed by atoms with Gasteiger partial charge in [-0.05, 0) is 37.0 Å². The Hall–Kier alpha value is -1.94. The highest BCUT2D eigenvalue weighted by atomic mass is 32.2. The number of nitrogens with zero attached hydrogens (tertiary/aromatic N) is 3. The van der Waals surface area contributed by atoms with Crippen LogP contribution in [-0.2, 0) is 22.6 Å². The summed E-state index contributed by atoms with van der Waals surface area (Å²) in [6, 6.07) is 6.60. The van der Waals surface area contributed by atoms with Crippen LogP contribution in [0.1, 0.15) is 43.0 Å². The molecule has 142 valence electrons. The predicted molar refractivity (Wildman–Crippen MR) is 85.9 cm³/mol. The monoisotopic (exact) mass is 389 g/mol. The zero-order valence-corrected chi connectivity index (χ0v) is 14.8. The fourth-order valence-electron chi connectivity index (χ4n) is 2.92. The number of aromatic nitrogens is 2. The Morgan fingerprint density at radius 2 is 1.92 bits per heavy atom. The molecular weight excluding hydrogens is 371 g/mol. The van der Waals surface area contributed by atoms with Gasteiger partial charge in [-0.15, -0.1) is 10.2 Å². The molecule has 6 nitrogen and oxygen atoms in total. The Morgan fingerprint density at radius 1 is 1.23 bits per heavy atom. The molecule has 1 atom stereocenters. The second-order valence-electron chi connectivity index (χ2n) is 6.14. The number of hydrogen-bond acceptors (Lipinski definition) is 5. The molecule has 0 N–H and O–H groups in total. The van der Waals surface area contributed by atoms with Gasteiger partial charge in [0.2, 0.25) is 15.9 Å². The molecule has 1 aromatic heterocycles. The van der Waals surface area contributed by atoms with Gasteiger partial charge in [-0.25, -0.2) is 8.42 Å². The van der Waals surface area contributed by atoms with E-state index >= 15 is 0 Å². The van der Waals surface area contributed by atoms with Crippen molar-refractivity contribution in [2.45, 2.75) is 43.2 Å². The minimum absolute atomic E-state index is 0.0113. The lowest BCUT2D eigenvalue weighted by Gasteiger charge is -2.30. The van der Waals surface area contributed by atoms with Gasteiger partial charge >= 0.3 is 12.1 Å². The quantitative estimate of drug-likeness (QED) is 0.803. The molecule has 2 heterocycles. The SMILES string of the molecule is CCc1ccc(S(=O)(=O)N2CCC[C@H](c3nnc(C(F)(F)F)o3)C2)cc1. The van der Waals surface area contributed by atoms with Crippen LogP contribution in [0.15, 0.2) is 33.6 Å². The molecule has 1 fully saturated rings. The minimum Gasteiger partial charge on any atom is -0.417 e. The van der Waals surface area contributed by atoms with Crippen molar-refractivity contribution >= 4 is 10.0 Å². The summed E-state index contributed by atoms with van der Waals surface area (Å²) < 4.78 is 69.4. The van der Waals surface area contributed by atoms with E-state index in [4.69, 9.17) is 4.42 Å². The molecule has 2 aromatic rings. The molecule has 0 unspecified atom stereocenters. The third-order valence-electron chi connectivity index (χ3n) is 4.39. The average molecular weight is 389 g/mol. The molecule has 10 heteroatoms. The lowest BCUT2D eigenvalue weighted by Crippen LogP contribution is -2.39. The largest absolute Gasteiger partial charge is 0.470 e. The molecule has 3 rings (SSSR count). The third-order valence-corrected chi connectivity index (χ3v) is 6.27. The maximum atomic E-state index is 12.8. The van der Waals surface area contributed by atoms with Crippen LogP contribution in [0.5, 0.6) is 0 Å². The van der Waals surface area contributed by atoms with E-state index in [9.17, 15) is 21.6 Å². The van der Waals surface area contributed by atoms with Crippen LogP contribution in [0.4, 0.5) is 13.2 Å². The summed E-state index contributed by atoms with van der Waals surface area (Å²) in [7, 11) is -3.73. The number of aryl methyl sites for hydroxylation is 1. The van der Waals surface area contributed by atoms with Crippen molar-refractivity contribution in [3.05, 3.63) is 41.6 Å². The van der Waals surface area contributed by atoms with Gasteiger partial charge in [-0.2, -0.15) is 17.5 Å². The summed E-state index contributed by atoms with van der Waals surface area (Å²) in [6.45, 7) is 2.28. The van der Waals surface area contributed by atoms with Gasteiger partial charge in [0.15, 0.2) is 0 Å². The van der Waals surface area contributed by atoms with Crippen LogP contribution in [0.2, 0.25) is 0 Å². The average Bonchev–Trinajstić information content (AvgIpc) is 3.12. The number of piperidine rings is 1. The van der Waals surface area contributed by atoms with Gasteiger partial charge in [0.25, 0.3) is 0 Å². The van der Waals surface area contributed by atoms with Crippen LogP contribution in [-0.4, -0.2) is 36.0 Å². The molecule has 1 saturated heterocycles. The highest BCUT2D eigenvalue weighted by Crippen LogP contribution is 2.33. The fraction of sp³-hybridized carbons (Fsp3) is 0.500. The zero-order valence-electron chi connectivity index (χ0n) is 14.0. The van der Waals surface area contributed by atoms with Gasteiger partial charge in [0.1, 0.15) is 0 Å². The first-order valence-corrected chi connectivity index (χ1v) is 9.65. The van der Waals surface area contributed by atoms with Crippen molar-refractivity contribution < 1.29 is 26.0 Å². The summed E-state index contributed by atoms with van der Waals surface area (Å²) in [4.78, 5) is 0.164. The smallest absolute Gasteiger partial charge is 0.417 e. The number of halogens is 3. The Morgan fingerprint density at radius 3 is 2.50 bits per heavy atom. The first-order chi connectivity index (χ1) is 12.2. The van der Waals surface area contributed by atoms with E-state index in [1.165, 1.54) is 4.31 Å². The van der Waals surface area contributed by atoms with E-state index in [0.717, 1.165) is 12.0 Å². The lowest BCUT2D eigenvalue weighted by molar-refractivity contribution is -0.157. The third kappa shape index (κ3) is 3.75. The maximum Gasteiger partial charge on any atom is 0.470 e. The molecule has 0 aliphatic carbocycles. The Balaban J connectivity index is 1.80. The van der Waals surface area contributed by atoms with Crippen molar-refractivity contribution in [2.24, 2.45) is 0 Å². The normalized spacial score (nSPS) is 19.6. The minimum atomic E-state index is -4.72. The standard InChI is InChI=1S/C16H18F3N3O3S/c1-2-11-5-7-13(8-6-11)26(23,24)22-9-3-4-12(10-22)14-20-21-15(25-14)16(17,18)19/h5-8,12H,2-4,9-10H2,1H3/t12-/m0/s1. The van der Waals surface area contributed by atoms with Crippen molar-refractivity contribution in [3.63, 3.8) is 0 Å². The van der Waals surface area contributed by atoms with Crippen molar-refractivity contribution in [2.75, 3.05) is 13.1 Å². The van der Waals surface area contributed by atoms with Gasteiger partial charge in [-0.1, -0.05) is 19.1 Å². The highest BCUT2D eigenvalue weighted by molar-refractivity contribution is 7.89. The van der Waals surface area contributed by atoms with Gasteiger partial charge in [-0.3, -0.25) is 0 Å². The Labute approximate surface area is 149 Å². The second-order valence-corrected chi connectivity index (χ2v) is 8.08. The molecule has 0 saturated carbocycles. The van der Waals surface area contributed by atoms with E-state index in [1.54, 1.807) is 24.3 Å². The van der Waals surface area contributed by atoms with E-state index < -0.39 is 28.0 Å². The van der Waals surface area contributed by atoms with Gasteiger partial charge < -0.3 is 4.42 Å². The molecule has 1 aliphatic rings. The summed E-state index contributed by atoms with van der Waals surface area (Å²) in [5, 5.41) is 6.48. The van der Waals surface area contributed by atoms with Crippen LogP contribution >= 0.6 is 0 Å². The topological polar surface area (TPSA) is 76.3 Å². The zero-order chi connectivity index (χ0) is 18.9.